The minimum atomic E-state index is -2.78. The Morgan fingerprint density at radius 1 is 0.955 bits per heavy atom. The average molecular weight is 320 g/mol. The Balaban J connectivity index is 2.18. The Labute approximate surface area is 133 Å². The molecule has 0 aliphatic carbocycles. The summed E-state index contributed by atoms with van der Waals surface area (Å²) in [6.45, 7) is 2.94. The topological polar surface area (TPSA) is 36.9 Å². The second-order valence-corrected chi connectivity index (χ2v) is 7.90. The summed E-state index contributed by atoms with van der Waals surface area (Å²) in [6.07, 6.45) is 0.960. The molecule has 0 aromatic heterocycles. The Morgan fingerprint density at radius 2 is 1.68 bits per heavy atom. The molecule has 120 valence electrons. The maximum atomic E-state index is 5.86. The van der Waals surface area contributed by atoms with E-state index in [1.807, 2.05) is 12.1 Å². The molecule has 0 bridgehead atoms. The molecule has 4 nitrogen and oxygen atoms in total. The number of hydrogen-bond acceptors (Lipinski definition) is 4. The largest absolute Gasteiger partial charge is 0.506 e. The van der Waals surface area contributed by atoms with E-state index < -0.39 is 8.80 Å². The molecule has 0 aliphatic heterocycles. The van der Waals surface area contributed by atoms with Gasteiger partial charge in [0.15, 0.2) is 0 Å². The fourth-order valence-electron chi connectivity index (χ4n) is 2.41. The quantitative estimate of drug-likeness (QED) is 0.402. The second-order valence-electron chi connectivity index (χ2n) is 5.08. The van der Waals surface area contributed by atoms with Gasteiger partial charge >= 0.3 is 8.80 Å². The third-order valence-corrected chi connectivity index (χ3v) is 6.24. The zero-order chi connectivity index (χ0) is 15.8. The van der Waals surface area contributed by atoms with Gasteiger partial charge in [0.05, 0.1) is 0 Å². The molecule has 0 fully saturated rings. The monoisotopic (exact) mass is 320 g/mol. The van der Waals surface area contributed by atoms with Crippen LogP contribution in [0.4, 0.5) is 0 Å². The van der Waals surface area contributed by atoms with Crippen molar-refractivity contribution in [1.82, 2.24) is 0 Å². The molecule has 2 aromatic carbocycles. The molecule has 0 atom stereocenters. The minimum Gasteiger partial charge on any atom is -0.377 e. The predicted octanol–water partition coefficient (Wildman–Crippen LogP) is 3.55. The van der Waals surface area contributed by atoms with Crippen molar-refractivity contribution < 1.29 is 18.0 Å². The van der Waals surface area contributed by atoms with Crippen LogP contribution in [-0.2, 0) is 24.1 Å². The van der Waals surface area contributed by atoms with Crippen molar-refractivity contribution in [3.8, 4) is 0 Å². The van der Waals surface area contributed by atoms with Crippen molar-refractivity contribution in [2.45, 2.75) is 19.4 Å². The van der Waals surface area contributed by atoms with E-state index in [4.69, 9.17) is 18.0 Å². The summed E-state index contributed by atoms with van der Waals surface area (Å²) >= 11 is 0. The molecule has 0 saturated heterocycles. The van der Waals surface area contributed by atoms with Crippen molar-refractivity contribution in [3.63, 3.8) is 0 Å². The highest BCUT2D eigenvalue weighted by atomic mass is 28.4. The van der Waals surface area contributed by atoms with Crippen molar-refractivity contribution in [3.05, 3.63) is 48.0 Å². The van der Waals surface area contributed by atoms with Crippen LogP contribution in [0.3, 0.4) is 0 Å². The lowest BCUT2D eigenvalue weighted by molar-refractivity contribution is -0.0330. The molecule has 0 saturated carbocycles. The highest BCUT2D eigenvalue weighted by Crippen LogP contribution is 2.23. The van der Waals surface area contributed by atoms with E-state index in [1.54, 1.807) is 14.2 Å². The van der Waals surface area contributed by atoms with Gasteiger partial charge in [-0.2, -0.15) is 0 Å². The first-order valence-corrected chi connectivity index (χ1v) is 9.46. The Morgan fingerprint density at radius 3 is 2.41 bits per heavy atom. The first-order chi connectivity index (χ1) is 10.7. The minimum absolute atomic E-state index is 0.201. The third-order valence-electron chi connectivity index (χ3n) is 3.62. The van der Waals surface area contributed by atoms with Gasteiger partial charge in [0.25, 0.3) is 0 Å². The Hall–Kier alpha value is -1.24. The lowest BCUT2D eigenvalue weighted by atomic mass is 10.1. The molecule has 0 unspecified atom stereocenters. The van der Waals surface area contributed by atoms with E-state index in [9.17, 15) is 0 Å². The standard InChI is InChI=1S/C17H24O4Si/c1-4-12-20-14-21-22(18-2,19-3)13-16-10-7-9-15-8-5-6-11-17(15)16/h5-11H,4,12-14H2,1-3H3. The number of hydrogen-bond donors (Lipinski definition) is 0. The summed E-state index contributed by atoms with van der Waals surface area (Å²) < 4.78 is 22.5. The van der Waals surface area contributed by atoms with Crippen molar-refractivity contribution in [1.29, 1.82) is 0 Å². The van der Waals surface area contributed by atoms with E-state index in [0.29, 0.717) is 12.7 Å². The van der Waals surface area contributed by atoms with Crippen LogP contribution >= 0.6 is 0 Å². The SMILES string of the molecule is CCCOCO[Si](Cc1cccc2ccccc12)(OC)OC. The zero-order valence-electron chi connectivity index (χ0n) is 13.5. The van der Waals surface area contributed by atoms with Gasteiger partial charge in [-0.3, -0.25) is 0 Å². The molecule has 0 N–H and O–H groups in total. The summed E-state index contributed by atoms with van der Waals surface area (Å²) in [5, 5.41) is 2.41. The molecule has 0 aliphatic rings. The number of ether oxygens (including phenoxy) is 1. The molecule has 0 spiro atoms. The molecular formula is C17H24O4Si. The van der Waals surface area contributed by atoms with Gasteiger partial charge in [0.2, 0.25) is 0 Å². The molecular weight excluding hydrogens is 296 g/mol. The maximum absolute atomic E-state index is 5.86. The first-order valence-electron chi connectivity index (χ1n) is 7.53. The van der Waals surface area contributed by atoms with Crippen LogP contribution in [0.5, 0.6) is 0 Å². The molecule has 2 rings (SSSR count). The predicted molar refractivity (Wildman–Crippen MR) is 89.6 cm³/mol. The molecule has 0 radical (unpaired) electrons. The molecule has 0 amide bonds. The maximum Gasteiger partial charge on any atom is 0.506 e. The normalized spacial score (nSPS) is 12.0. The second kappa shape index (κ2) is 8.41. The van der Waals surface area contributed by atoms with Crippen LogP contribution in [0.2, 0.25) is 0 Å². The fraction of sp³-hybridized carbons (Fsp3) is 0.412. The number of benzene rings is 2. The van der Waals surface area contributed by atoms with E-state index in [1.165, 1.54) is 16.3 Å². The number of fused-ring (bicyclic) bond motifs is 1. The summed E-state index contributed by atoms with van der Waals surface area (Å²) in [5.74, 6) is 0. The summed E-state index contributed by atoms with van der Waals surface area (Å²) in [6, 6.07) is 15.2. The number of rotatable bonds is 9. The Kier molecular flexibility index (Phi) is 6.54. The molecule has 5 heteroatoms. The Bertz CT molecular complexity index is 578. The molecule has 22 heavy (non-hydrogen) atoms. The summed E-state index contributed by atoms with van der Waals surface area (Å²) in [7, 11) is 0.503. The van der Waals surface area contributed by atoms with Gasteiger partial charge in [-0.25, -0.2) is 0 Å². The van der Waals surface area contributed by atoms with Crippen LogP contribution in [0.15, 0.2) is 42.5 Å². The van der Waals surface area contributed by atoms with Crippen LogP contribution in [0, 0.1) is 0 Å². The third kappa shape index (κ3) is 4.15. The van der Waals surface area contributed by atoms with Gasteiger partial charge < -0.3 is 18.0 Å². The van der Waals surface area contributed by atoms with Gasteiger partial charge in [-0.05, 0) is 22.8 Å². The van der Waals surface area contributed by atoms with E-state index >= 15 is 0 Å². The zero-order valence-corrected chi connectivity index (χ0v) is 14.5. The van der Waals surface area contributed by atoms with Gasteiger partial charge in [0.1, 0.15) is 6.79 Å². The van der Waals surface area contributed by atoms with Crippen LogP contribution in [0.25, 0.3) is 10.8 Å². The highest BCUT2D eigenvalue weighted by Gasteiger charge is 2.40. The van der Waals surface area contributed by atoms with Crippen molar-refractivity contribution >= 4 is 19.6 Å². The van der Waals surface area contributed by atoms with Crippen LogP contribution < -0.4 is 0 Å². The average Bonchev–Trinajstić information content (AvgIpc) is 2.58. The van der Waals surface area contributed by atoms with Crippen molar-refractivity contribution in [2.75, 3.05) is 27.6 Å². The molecule has 0 heterocycles. The lowest BCUT2D eigenvalue weighted by Gasteiger charge is -2.26. The lowest BCUT2D eigenvalue weighted by Crippen LogP contribution is -2.47. The molecule has 2 aromatic rings. The van der Waals surface area contributed by atoms with E-state index in [2.05, 4.69) is 37.3 Å². The van der Waals surface area contributed by atoms with Crippen LogP contribution in [-0.4, -0.2) is 36.4 Å². The highest BCUT2D eigenvalue weighted by molar-refractivity contribution is 6.60. The van der Waals surface area contributed by atoms with Gasteiger partial charge in [0, 0.05) is 26.9 Å². The smallest absolute Gasteiger partial charge is 0.377 e. The van der Waals surface area contributed by atoms with E-state index in [-0.39, 0.29) is 6.79 Å². The van der Waals surface area contributed by atoms with Crippen LogP contribution in [0.1, 0.15) is 18.9 Å². The first kappa shape index (κ1) is 17.1. The van der Waals surface area contributed by atoms with Gasteiger partial charge in [-0.15, -0.1) is 0 Å². The van der Waals surface area contributed by atoms with E-state index in [0.717, 1.165) is 6.42 Å². The fourth-order valence-corrected chi connectivity index (χ4v) is 4.24. The van der Waals surface area contributed by atoms with Crippen molar-refractivity contribution in [2.24, 2.45) is 0 Å². The van der Waals surface area contributed by atoms with Gasteiger partial charge in [-0.1, -0.05) is 49.4 Å². The summed E-state index contributed by atoms with van der Waals surface area (Å²) in [4.78, 5) is 0. The summed E-state index contributed by atoms with van der Waals surface area (Å²) in [5.41, 5.74) is 1.17.